The van der Waals surface area contributed by atoms with Crippen LogP contribution in [0.2, 0.25) is 0 Å². The van der Waals surface area contributed by atoms with Gasteiger partial charge in [0.25, 0.3) is 5.89 Å². The smallest absolute Gasteiger partial charge is 0.309 e. The number of likely N-dealkylation sites (tertiary alicyclic amines) is 1. The lowest BCUT2D eigenvalue weighted by atomic mass is 10.4. The molecule has 0 radical (unpaired) electrons. The van der Waals surface area contributed by atoms with Crippen molar-refractivity contribution in [2.24, 2.45) is 0 Å². The standard InChI is InChI=1S/C8H10N2O2.C6H6/c11-8(7-9-3-6-12-7)10-4-1-2-5-10;1-2-4-6-5-3-1/h3,6H,1-2,4-5H2;1-6H. The van der Waals surface area contributed by atoms with Crippen LogP contribution in [-0.2, 0) is 0 Å². The number of oxazole rings is 1. The van der Waals surface area contributed by atoms with Crippen molar-refractivity contribution in [3.63, 3.8) is 0 Å². The Hall–Kier alpha value is -2.10. The third-order valence-electron chi connectivity index (χ3n) is 2.68. The Labute approximate surface area is 106 Å². The third-order valence-corrected chi connectivity index (χ3v) is 2.68. The van der Waals surface area contributed by atoms with Crippen molar-refractivity contribution in [2.75, 3.05) is 13.1 Å². The summed E-state index contributed by atoms with van der Waals surface area (Å²) in [6.45, 7) is 1.67. The lowest BCUT2D eigenvalue weighted by Crippen LogP contribution is -2.27. The topological polar surface area (TPSA) is 46.3 Å². The molecule has 0 N–H and O–H groups in total. The molecular formula is C14H16N2O2. The van der Waals surface area contributed by atoms with Gasteiger partial charge in [0.15, 0.2) is 0 Å². The predicted octanol–water partition coefficient (Wildman–Crippen LogP) is 2.60. The molecule has 1 fully saturated rings. The van der Waals surface area contributed by atoms with Gasteiger partial charge >= 0.3 is 5.91 Å². The van der Waals surface area contributed by atoms with Gasteiger partial charge < -0.3 is 9.32 Å². The number of hydrogen-bond donors (Lipinski definition) is 0. The van der Waals surface area contributed by atoms with E-state index in [1.165, 1.54) is 12.5 Å². The van der Waals surface area contributed by atoms with Crippen molar-refractivity contribution in [1.82, 2.24) is 9.88 Å². The van der Waals surface area contributed by atoms with Crippen molar-refractivity contribution in [3.05, 3.63) is 54.7 Å². The van der Waals surface area contributed by atoms with Gasteiger partial charge in [-0.25, -0.2) is 4.98 Å². The van der Waals surface area contributed by atoms with Gasteiger partial charge in [-0.05, 0) is 12.8 Å². The van der Waals surface area contributed by atoms with Crippen LogP contribution in [0.3, 0.4) is 0 Å². The quantitative estimate of drug-likeness (QED) is 0.774. The average molecular weight is 244 g/mol. The summed E-state index contributed by atoms with van der Waals surface area (Å²) < 4.78 is 4.91. The highest BCUT2D eigenvalue weighted by Crippen LogP contribution is 2.10. The number of hydrogen-bond acceptors (Lipinski definition) is 3. The van der Waals surface area contributed by atoms with Gasteiger partial charge in [-0.2, -0.15) is 0 Å². The molecule has 2 heterocycles. The summed E-state index contributed by atoms with van der Waals surface area (Å²) in [5.41, 5.74) is 0. The van der Waals surface area contributed by atoms with E-state index in [2.05, 4.69) is 4.98 Å². The van der Waals surface area contributed by atoms with Crippen LogP contribution < -0.4 is 0 Å². The van der Waals surface area contributed by atoms with E-state index in [0.717, 1.165) is 25.9 Å². The first-order valence-corrected chi connectivity index (χ1v) is 6.07. The van der Waals surface area contributed by atoms with Crippen molar-refractivity contribution in [2.45, 2.75) is 12.8 Å². The first-order valence-electron chi connectivity index (χ1n) is 6.07. The van der Waals surface area contributed by atoms with Crippen molar-refractivity contribution < 1.29 is 9.21 Å². The molecule has 1 aliphatic heterocycles. The van der Waals surface area contributed by atoms with Gasteiger partial charge in [0, 0.05) is 13.1 Å². The highest BCUT2D eigenvalue weighted by atomic mass is 16.4. The van der Waals surface area contributed by atoms with Crippen LogP contribution in [0.15, 0.2) is 53.3 Å². The van der Waals surface area contributed by atoms with E-state index in [0.29, 0.717) is 0 Å². The number of aromatic nitrogens is 1. The molecule has 0 spiro atoms. The zero-order chi connectivity index (χ0) is 12.6. The van der Waals surface area contributed by atoms with Crippen LogP contribution in [0.25, 0.3) is 0 Å². The Morgan fingerprint density at radius 1 is 1.06 bits per heavy atom. The fourth-order valence-electron chi connectivity index (χ4n) is 1.77. The van der Waals surface area contributed by atoms with E-state index in [1.807, 2.05) is 36.4 Å². The van der Waals surface area contributed by atoms with E-state index >= 15 is 0 Å². The van der Waals surface area contributed by atoms with Crippen LogP contribution in [0.1, 0.15) is 23.5 Å². The maximum absolute atomic E-state index is 11.5. The number of carbonyl (C=O) groups excluding carboxylic acids is 1. The normalized spacial score (nSPS) is 13.9. The fraction of sp³-hybridized carbons (Fsp3) is 0.286. The molecule has 1 amide bonds. The number of rotatable bonds is 1. The van der Waals surface area contributed by atoms with E-state index in [9.17, 15) is 4.79 Å². The second kappa shape index (κ2) is 6.59. The Balaban J connectivity index is 0.000000169. The molecule has 4 heteroatoms. The average Bonchev–Trinajstić information content (AvgIpc) is 3.14. The Bertz CT molecular complexity index is 421. The maximum Gasteiger partial charge on any atom is 0.309 e. The van der Waals surface area contributed by atoms with Gasteiger partial charge in [-0.3, -0.25) is 4.79 Å². The SMILES string of the molecule is O=C(c1ncco1)N1CCCC1.c1ccccc1. The summed E-state index contributed by atoms with van der Waals surface area (Å²) >= 11 is 0. The molecule has 1 saturated heterocycles. The molecule has 18 heavy (non-hydrogen) atoms. The fourth-order valence-corrected chi connectivity index (χ4v) is 1.77. The van der Waals surface area contributed by atoms with Crippen molar-refractivity contribution in [1.29, 1.82) is 0 Å². The zero-order valence-electron chi connectivity index (χ0n) is 10.2. The lowest BCUT2D eigenvalue weighted by Gasteiger charge is -2.11. The maximum atomic E-state index is 11.5. The molecule has 2 aromatic rings. The molecular weight excluding hydrogens is 228 g/mol. The summed E-state index contributed by atoms with van der Waals surface area (Å²) in [5, 5.41) is 0. The highest BCUT2D eigenvalue weighted by Gasteiger charge is 2.22. The van der Waals surface area contributed by atoms with E-state index < -0.39 is 0 Å². The van der Waals surface area contributed by atoms with Crippen molar-refractivity contribution >= 4 is 5.91 Å². The summed E-state index contributed by atoms with van der Waals surface area (Å²) in [4.78, 5) is 17.1. The Morgan fingerprint density at radius 2 is 1.61 bits per heavy atom. The number of amides is 1. The lowest BCUT2D eigenvalue weighted by molar-refractivity contribution is 0.0753. The molecule has 0 bridgehead atoms. The van der Waals surface area contributed by atoms with Gasteiger partial charge in [-0.1, -0.05) is 36.4 Å². The summed E-state index contributed by atoms with van der Waals surface area (Å²) in [7, 11) is 0. The molecule has 0 atom stereocenters. The molecule has 3 rings (SSSR count). The predicted molar refractivity (Wildman–Crippen MR) is 68.1 cm³/mol. The largest absolute Gasteiger partial charge is 0.441 e. The number of carbonyl (C=O) groups is 1. The minimum Gasteiger partial charge on any atom is -0.441 e. The van der Waals surface area contributed by atoms with Gasteiger partial charge in [-0.15, -0.1) is 0 Å². The van der Waals surface area contributed by atoms with Crippen LogP contribution in [0.4, 0.5) is 0 Å². The summed E-state index contributed by atoms with van der Waals surface area (Å²) in [6.07, 6.45) is 5.09. The Morgan fingerprint density at radius 3 is 2.06 bits per heavy atom. The molecule has 0 saturated carbocycles. The number of benzene rings is 1. The molecule has 1 aliphatic rings. The summed E-state index contributed by atoms with van der Waals surface area (Å²) in [5.74, 6) is 0.120. The van der Waals surface area contributed by atoms with Crippen molar-refractivity contribution in [3.8, 4) is 0 Å². The monoisotopic (exact) mass is 244 g/mol. The first-order chi connectivity index (χ1) is 8.88. The molecule has 94 valence electrons. The second-order valence-electron chi connectivity index (χ2n) is 3.99. The molecule has 1 aromatic heterocycles. The van der Waals surface area contributed by atoms with Crippen LogP contribution in [-0.4, -0.2) is 28.9 Å². The third kappa shape index (κ3) is 3.45. The van der Waals surface area contributed by atoms with Crippen LogP contribution in [0.5, 0.6) is 0 Å². The highest BCUT2D eigenvalue weighted by molar-refractivity contribution is 5.89. The molecule has 4 nitrogen and oxygen atoms in total. The minimum atomic E-state index is -0.0856. The Kier molecular flexibility index (Phi) is 4.53. The molecule has 0 aliphatic carbocycles. The zero-order valence-corrected chi connectivity index (χ0v) is 10.2. The van der Waals surface area contributed by atoms with Gasteiger partial charge in [0.2, 0.25) is 0 Å². The first kappa shape index (κ1) is 12.4. The van der Waals surface area contributed by atoms with Crippen LogP contribution in [0, 0.1) is 0 Å². The van der Waals surface area contributed by atoms with E-state index in [4.69, 9.17) is 4.42 Å². The number of nitrogens with zero attached hydrogens (tertiary/aromatic N) is 2. The van der Waals surface area contributed by atoms with Gasteiger partial charge in [0.05, 0.1) is 6.20 Å². The molecule has 1 aromatic carbocycles. The van der Waals surface area contributed by atoms with E-state index in [1.54, 1.807) is 4.90 Å². The molecule has 0 unspecified atom stereocenters. The second-order valence-corrected chi connectivity index (χ2v) is 3.99. The summed E-state index contributed by atoms with van der Waals surface area (Å²) in [6, 6.07) is 12.0. The van der Waals surface area contributed by atoms with E-state index in [-0.39, 0.29) is 11.8 Å². The minimum absolute atomic E-state index is 0.0856. The van der Waals surface area contributed by atoms with Gasteiger partial charge in [0.1, 0.15) is 6.26 Å². The van der Waals surface area contributed by atoms with Crippen LogP contribution >= 0.6 is 0 Å².